The number of amides is 3. The Balaban J connectivity index is 1.22. The van der Waals surface area contributed by atoms with E-state index >= 15 is 0 Å². The second-order valence-corrected chi connectivity index (χ2v) is 11.3. The van der Waals surface area contributed by atoms with Crippen LogP contribution in [0.3, 0.4) is 0 Å². The van der Waals surface area contributed by atoms with Crippen molar-refractivity contribution in [3.63, 3.8) is 0 Å². The van der Waals surface area contributed by atoms with Gasteiger partial charge in [-0.15, -0.1) is 0 Å². The molecule has 2 aromatic carbocycles. The fourth-order valence-corrected chi connectivity index (χ4v) is 6.28. The molecule has 3 heterocycles. The Morgan fingerprint density at radius 1 is 0.756 bits per heavy atom. The van der Waals surface area contributed by atoms with Crippen LogP contribution in [-0.2, 0) is 4.79 Å². The molecule has 3 fully saturated rings. The monoisotopic (exact) mass is 561 g/mol. The smallest absolute Gasteiger partial charge is 0.255 e. The van der Waals surface area contributed by atoms with Crippen molar-refractivity contribution < 1.29 is 23.9 Å². The highest BCUT2D eigenvalue weighted by Crippen LogP contribution is 2.34. The summed E-state index contributed by atoms with van der Waals surface area (Å²) in [5.74, 6) is 1.26. The Morgan fingerprint density at radius 2 is 1.54 bits per heavy atom. The second-order valence-electron chi connectivity index (χ2n) is 11.3. The first-order chi connectivity index (χ1) is 20.1. The maximum Gasteiger partial charge on any atom is 0.255 e. The summed E-state index contributed by atoms with van der Waals surface area (Å²) < 4.78 is 10.8. The van der Waals surface area contributed by atoms with Crippen molar-refractivity contribution in [1.82, 2.24) is 15.1 Å². The van der Waals surface area contributed by atoms with Crippen LogP contribution in [-0.4, -0.2) is 86.7 Å². The third-order valence-corrected chi connectivity index (χ3v) is 8.64. The molecule has 2 aromatic rings. The normalized spacial score (nSPS) is 19.6. The van der Waals surface area contributed by atoms with E-state index in [1.165, 1.54) is 6.42 Å². The Hall–Kier alpha value is -3.79. The van der Waals surface area contributed by atoms with Crippen LogP contribution in [0.5, 0.6) is 11.5 Å². The van der Waals surface area contributed by atoms with Crippen molar-refractivity contribution in [2.45, 2.75) is 38.5 Å². The molecule has 6 rings (SSSR count). The van der Waals surface area contributed by atoms with Crippen LogP contribution in [0, 0.1) is 5.92 Å². The Kier molecular flexibility index (Phi) is 8.27. The summed E-state index contributed by atoms with van der Waals surface area (Å²) in [7, 11) is 0. The highest BCUT2D eigenvalue weighted by atomic mass is 16.7. The van der Waals surface area contributed by atoms with E-state index in [1.807, 2.05) is 21.9 Å². The van der Waals surface area contributed by atoms with Gasteiger partial charge in [-0.2, -0.15) is 0 Å². The molecule has 1 aliphatic carbocycles. The number of rotatable bonds is 5. The van der Waals surface area contributed by atoms with Gasteiger partial charge in [-0.3, -0.25) is 14.4 Å². The molecule has 0 bridgehead atoms. The van der Waals surface area contributed by atoms with Crippen LogP contribution in [0.4, 0.5) is 11.4 Å². The average Bonchev–Trinajstić information content (AvgIpc) is 3.33. The SMILES string of the molecule is O=C(Nc1cc(C(=O)N2CCCNCC2)ccc1N1CCN(C(=O)C2CCCCC2)CC1)c1ccc2c(c1)OCO2. The number of nitrogens with one attached hydrogen (secondary N) is 2. The van der Waals surface area contributed by atoms with Crippen LogP contribution in [0.1, 0.15) is 59.2 Å². The van der Waals surface area contributed by atoms with Crippen molar-refractivity contribution in [1.29, 1.82) is 0 Å². The zero-order chi connectivity index (χ0) is 28.2. The van der Waals surface area contributed by atoms with E-state index in [-0.39, 0.29) is 30.4 Å². The molecule has 1 saturated carbocycles. The van der Waals surface area contributed by atoms with Crippen molar-refractivity contribution in [2.24, 2.45) is 5.92 Å². The fraction of sp³-hybridized carbons (Fsp3) is 0.516. The molecule has 0 atom stereocenters. The first-order valence-electron chi connectivity index (χ1n) is 15.0. The van der Waals surface area contributed by atoms with E-state index in [2.05, 4.69) is 15.5 Å². The standard InChI is InChI=1S/C31H39N5O5/c37-29(23-8-10-27-28(20-23)41-21-40-27)33-25-19-24(31(39)35-13-4-11-32-12-14-35)7-9-26(25)34-15-17-36(18-16-34)30(38)22-5-2-1-3-6-22/h7-10,19-20,22,32H,1-6,11-18,21H2,(H,33,37). The zero-order valence-corrected chi connectivity index (χ0v) is 23.5. The van der Waals surface area contributed by atoms with Gasteiger partial charge in [0, 0.05) is 62.9 Å². The van der Waals surface area contributed by atoms with E-state index in [9.17, 15) is 14.4 Å². The molecule has 10 nitrogen and oxygen atoms in total. The van der Waals surface area contributed by atoms with Gasteiger partial charge in [-0.05, 0) is 62.2 Å². The molecule has 41 heavy (non-hydrogen) atoms. The van der Waals surface area contributed by atoms with Crippen LogP contribution in [0.25, 0.3) is 0 Å². The molecule has 0 spiro atoms. The first kappa shape index (κ1) is 27.4. The summed E-state index contributed by atoms with van der Waals surface area (Å²) in [6.07, 6.45) is 6.41. The minimum Gasteiger partial charge on any atom is -0.454 e. The van der Waals surface area contributed by atoms with Gasteiger partial charge >= 0.3 is 0 Å². The van der Waals surface area contributed by atoms with Gasteiger partial charge < -0.3 is 34.8 Å². The molecule has 3 amide bonds. The van der Waals surface area contributed by atoms with Crippen molar-refractivity contribution in [3.05, 3.63) is 47.5 Å². The van der Waals surface area contributed by atoms with Gasteiger partial charge in [0.15, 0.2) is 11.5 Å². The number of piperazine rings is 1. The number of anilines is 2. The number of hydrogen-bond donors (Lipinski definition) is 2. The summed E-state index contributed by atoms with van der Waals surface area (Å²) in [6.45, 7) is 5.76. The summed E-state index contributed by atoms with van der Waals surface area (Å²) in [4.78, 5) is 46.0. The zero-order valence-electron chi connectivity index (χ0n) is 23.5. The third-order valence-electron chi connectivity index (χ3n) is 8.64. The van der Waals surface area contributed by atoms with E-state index in [1.54, 1.807) is 24.3 Å². The van der Waals surface area contributed by atoms with Gasteiger partial charge in [0.05, 0.1) is 11.4 Å². The first-order valence-corrected chi connectivity index (χ1v) is 15.0. The minimum atomic E-state index is -0.292. The maximum atomic E-state index is 13.4. The Morgan fingerprint density at radius 3 is 2.37 bits per heavy atom. The second kappa shape index (κ2) is 12.4. The van der Waals surface area contributed by atoms with Gasteiger partial charge in [0.1, 0.15) is 0 Å². The molecule has 3 aliphatic heterocycles. The summed E-state index contributed by atoms with van der Waals surface area (Å²) in [5.41, 5.74) is 2.41. The number of carbonyl (C=O) groups is 3. The molecular weight excluding hydrogens is 522 g/mol. The number of hydrogen-bond acceptors (Lipinski definition) is 7. The number of fused-ring (bicyclic) bond motifs is 1. The molecule has 10 heteroatoms. The molecule has 2 saturated heterocycles. The molecule has 0 unspecified atom stereocenters. The lowest BCUT2D eigenvalue weighted by Crippen LogP contribution is -2.50. The van der Waals surface area contributed by atoms with E-state index in [0.29, 0.717) is 67.6 Å². The lowest BCUT2D eigenvalue weighted by Gasteiger charge is -2.39. The lowest BCUT2D eigenvalue weighted by atomic mass is 9.88. The summed E-state index contributed by atoms with van der Waals surface area (Å²) in [5, 5.41) is 6.41. The fourth-order valence-electron chi connectivity index (χ4n) is 6.28. The summed E-state index contributed by atoms with van der Waals surface area (Å²) in [6, 6.07) is 10.7. The lowest BCUT2D eigenvalue weighted by molar-refractivity contribution is -0.136. The number of benzene rings is 2. The third kappa shape index (κ3) is 6.12. The van der Waals surface area contributed by atoms with Gasteiger partial charge in [-0.25, -0.2) is 0 Å². The molecule has 218 valence electrons. The van der Waals surface area contributed by atoms with Crippen molar-refractivity contribution in [2.75, 3.05) is 69.4 Å². The topological polar surface area (TPSA) is 103 Å². The van der Waals surface area contributed by atoms with Crippen LogP contribution in [0.2, 0.25) is 0 Å². The van der Waals surface area contributed by atoms with Crippen molar-refractivity contribution in [3.8, 4) is 11.5 Å². The van der Waals surface area contributed by atoms with E-state index < -0.39 is 0 Å². The molecule has 2 N–H and O–H groups in total. The predicted molar refractivity (Wildman–Crippen MR) is 156 cm³/mol. The minimum absolute atomic E-state index is 0.0401. The molecule has 0 radical (unpaired) electrons. The Labute approximate surface area is 240 Å². The van der Waals surface area contributed by atoms with Crippen LogP contribution < -0.4 is 25.0 Å². The van der Waals surface area contributed by atoms with Crippen LogP contribution in [0.15, 0.2) is 36.4 Å². The molecular formula is C31H39N5O5. The number of nitrogens with zero attached hydrogens (tertiary/aromatic N) is 3. The number of ether oxygens (including phenoxy) is 2. The quantitative estimate of drug-likeness (QED) is 0.577. The molecule has 4 aliphatic rings. The van der Waals surface area contributed by atoms with E-state index in [0.717, 1.165) is 50.9 Å². The highest BCUT2D eigenvalue weighted by Gasteiger charge is 2.30. The Bertz CT molecular complexity index is 1280. The van der Waals surface area contributed by atoms with Crippen LogP contribution >= 0.6 is 0 Å². The predicted octanol–water partition coefficient (Wildman–Crippen LogP) is 3.33. The largest absolute Gasteiger partial charge is 0.454 e. The van der Waals surface area contributed by atoms with Gasteiger partial charge in [-0.1, -0.05) is 19.3 Å². The average molecular weight is 562 g/mol. The van der Waals surface area contributed by atoms with E-state index in [4.69, 9.17) is 9.47 Å². The molecule has 0 aromatic heterocycles. The maximum absolute atomic E-state index is 13.4. The number of carbonyl (C=O) groups excluding carboxylic acids is 3. The van der Waals surface area contributed by atoms with Gasteiger partial charge in [0.25, 0.3) is 11.8 Å². The van der Waals surface area contributed by atoms with Gasteiger partial charge in [0.2, 0.25) is 12.7 Å². The highest BCUT2D eigenvalue weighted by molar-refractivity contribution is 6.07. The van der Waals surface area contributed by atoms with Crippen molar-refractivity contribution >= 4 is 29.1 Å². The summed E-state index contributed by atoms with van der Waals surface area (Å²) >= 11 is 0.